The lowest BCUT2D eigenvalue weighted by molar-refractivity contribution is 0.122. The minimum absolute atomic E-state index is 0.533. The maximum atomic E-state index is 5.48. The van der Waals surface area contributed by atoms with Crippen molar-refractivity contribution < 1.29 is 4.74 Å². The van der Waals surface area contributed by atoms with Gasteiger partial charge in [0.1, 0.15) is 5.69 Å². The molecule has 2 aromatic heterocycles. The van der Waals surface area contributed by atoms with Crippen LogP contribution in [0.1, 0.15) is 0 Å². The molecule has 3 aromatic carbocycles. The van der Waals surface area contributed by atoms with E-state index < -0.39 is 0 Å². The highest BCUT2D eigenvalue weighted by atomic mass is 16.5. The minimum atomic E-state index is 0.533. The molecule has 1 saturated heterocycles. The van der Waals surface area contributed by atoms with Crippen LogP contribution in [-0.4, -0.2) is 45.9 Å². The monoisotopic (exact) mass is 448 g/mol. The first-order valence-electron chi connectivity index (χ1n) is 11.4. The Morgan fingerprint density at radius 3 is 2.47 bits per heavy atom. The number of morpholine rings is 1. The Kier molecular flexibility index (Phi) is 5.37. The Hall–Kier alpha value is -4.23. The van der Waals surface area contributed by atoms with Gasteiger partial charge in [0.25, 0.3) is 0 Å². The average Bonchev–Trinajstić information content (AvgIpc) is 3.32. The van der Waals surface area contributed by atoms with Gasteiger partial charge in [0.05, 0.1) is 13.2 Å². The molecule has 168 valence electrons. The van der Waals surface area contributed by atoms with E-state index in [-0.39, 0.29) is 0 Å². The predicted molar refractivity (Wildman–Crippen MR) is 134 cm³/mol. The van der Waals surface area contributed by atoms with E-state index in [0.717, 1.165) is 60.1 Å². The summed E-state index contributed by atoms with van der Waals surface area (Å²) in [4.78, 5) is 11.8. The van der Waals surface area contributed by atoms with Crippen molar-refractivity contribution in [3.05, 3.63) is 91.3 Å². The predicted octanol–water partition coefficient (Wildman–Crippen LogP) is 5.04. The van der Waals surface area contributed by atoms with Gasteiger partial charge in [-0.25, -0.2) is 4.52 Å². The Morgan fingerprint density at radius 2 is 1.62 bits per heavy atom. The highest BCUT2D eigenvalue weighted by Gasteiger charge is 2.16. The molecule has 6 rings (SSSR count). The molecular formula is C27H24N6O. The Labute approximate surface area is 197 Å². The SMILES string of the molecule is c1ccc(-c2ccccc2-c2nccn3nc(Nc4cccc(N5CCOCC5)c4)nc23)cc1. The van der Waals surface area contributed by atoms with Crippen molar-refractivity contribution in [2.24, 2.45) is 0 Å². The molecule has 1 aliphatic rings. The second-order valence-corrected chi connectivity index (χ2v) is 8.17. The number of hydrogen-bond acceptors (Lipinski definition) is 6. The highest BCUT2D eigenvalue weighted by molar-refractivity contribution is 5.87. The lowest BCUT2D eigenvalue weighted by Gasteiger charge is -2.29. The van der Waals surface area contributed by atoms with Crippen molar-refractivity contribution in [3.8, 4) is 22.4 Å². The van der Waals surface area contributed by atoms with Crippen molar-refractivity contribution in [2.45, 2.75) is 0 Å². The summed E-state index contributed by atoms with van der Waals surface area (Å²) in [6.45, 7) is 3.30. The number of ether oxygens (including phenoxy) is 1. The largest absolute Gasteiger partial charge is 0.378 e. The maximum absolute atomic E-state index is 5.48. The van der Waals surface area contributed by atoms with Gasteiger partial charge < -0.3 is 15.0 Å². The van der Waals surface area contributed by atoms with E-state index in [2.05, 4.69) is 56.7 Å². The summed E-state index contributed by atoms with van der Waals surface area (Å²) < 4.78 is 7.26. The first kappa shape index (κ1) is 20.4. The summed E-state index contributed by atoms with van der Waals surface area (Å²) in [7, 11) is 0. The molecule has 1 aliphatic heterocycles. The van der Waals surface area contributed by atoms with Crippen molar-refractivity contribution in [3.63, 3.8) is 0 Å². The molecule has 1 N–H and O–H groups in total. The molecule has 7 nitrogen and oxygen atoms in total. The van der Waals surface area contributed by atoms with E-state index in [4.69, 9.17) is 9.72 Å². The topological polar surface area (TPSA) is 67.6 Å². The van der Waals surface area contributed by atoms with Gasteiger partial charge in [-0.15, -0.1) is 5.10 Å². The lowest BCUT2D eigenvalue weighted by atomic mass is 9.98. The molecule has 0 atom stereocenters. The fraction of sp³-hybridized carbons (Fsp3) is 0.148. The molecule has 0 amide bonds. The van der Waals surface area contributed by atoms with E-state index in [1.807, 2.05) is 48.7 Å². The third-order valence-corrected chi connectivity index (χ3v) is 6.00. The third kappa shape index (κ3) is 3.97. The zero-order chi connectivity index (χ0) is 22.7. The molecule has 0 saturated carbocycles. The minimum Gasteiger partial charge on any atom is -0.378 e. The maximum Gasteiger partial charge on any atom is 0.247 e. The summed E-state index contributed by atoms with van der Waals surface area (Å²) in [6.07, 6.45) is 3.59. The first-order chi connectivity index (χ1) is 16.8. The van der Waals surface area contributed by atoms with Gasteiger partial charge in [0, 0.05) is 42.4 Å². The second-order valence-electron chi connectivity index (χ2n) is 8.17. The first-order valence-corrected chi connectivity index (χ1v) is 11.4. The lowest BCUT2D eigenvalue weighted by Crippen LogP contribution is -2.36. The molecule has 7 heteroatoms. The summed E-state index contributed by atoms with van der Waals surface area (Å²) in [5.41, 5.74) is 6.88. The molecule has 34 heavy (non-hydrogen) atoms. The van der Waals surface area contributed by atoms with Gasteiger partial charge in [0.15, 0.2) is 5.65 Å². The van der Waals surface area contributed by atoms with E-state index >= 15 is 0 Å². The van der Waals surface area contributed by atoms with Gasteiger partial charge in [-0.3, -0.25) is 4.98 Å². The van der Waals surface area contributed by atoms with Crippen molar-refractivity contribution in [1.82, 2.24) is 19.6 Å². The smallest absolute Gasteiger partial charge is 0.247 e. The van der Waals surface area contributed by atoms with Gasteiger partial charge in [0.2, 0.25) is 5.95 Å². The van der Waals surface area contributed by atoms with Crippen LogP contribution in [0.15, 0.2) is 91.3 Å². The van der Waals surface area contributed by atoms with Crippen LogP contribution in [0, 0.1) is 0 Å². The summed E-state index contributed by atoms with van der Waals surface area (Å²) in [5.74, 6) is 0.533. The normalized spacial score (nSPS) is 13.8. The van der Waals surface area contributed by atoms with Crippen LogP contribution in [0.5, 0.6) is 0 Å². The zero-order valence-corrected chi connectivity index (χ0v) is 18.6. The fourth-order valence-corrected chi connectivity index (χ4v) is 4.35. The quantitative estimate of drug-likeness (QED) is 0.406. The Balaban J connectivity index is 1.35. The van der Waals surface area contributed by atoms with Crippen LogP contribution in [0.3, 0.4) is 0 Å². The number of fused-ring (bicyclic) bond motifs is 1. The summed E-state index contributed by atoms with van der Waals surface area (Å²) in [5, 5.41) is 8.03. The van der Waals surface area contributed by atoms with Gasteiger partial charge in [-0.2, -0.15) is 4.98 Å². The molecule has 0 aliphatic carbocycles. The molecule has 1 fully saturated rings. The standard InChI is InChI=1S/C27H24N6O/c1-2-7-20(8-3-1)23-11-4-5-12-24(23)25-26-30-27(31-33(26)14-13-28-25)29-21-9-6-10-22(19-21)32-15-17-34-18-16-32/h1-14,19H,15-18H2,(H,29,31). The van der Waals surface area contributed by atoms with Gasteiger partial charge >= 0.3 is 0 Å². The molecular weight excluding hydrogens is 424 g/mol. The molecule has 0 bridgehead atoms. The summed E-state index contributed by atoms with van der Waals surface area (Å²) in [6, 6.07) is 26.9. The third-order valence-electron chi connectivity index (χ3n) is 6.00. The highest BCUT2D eigenvalue weighted by Crippen LogP contribution is 2.33. The number of hydrogen-bond donors (Lipinski definition) is 1. The molecule has 0 unspecified atom stereocenters. The number of nitrogens with zero attached hydrogens (tertiary/aromatic N) is 5. The van der Waals surface area contributed by atoms with E-state index in [9.17, 15) is 0 Å². The molecule has 0 spiro atoms. The number of anilines is 3. The van der Waals surface area contributed by atoms with Crippen molar-refractivity contribution in [1.29, 1.82) is 0 Å². The van der Waals surface area contributed by atoms with E-state index in [1.54, 1.807) is 10.7 Å². The Bertz CT molecular complexity index is 1430. The van der Waals surface area contributed by atoms with Crippen LogP contribution >= 0.6 is 0 Å². The number of rotatable bonds is 5. The second kappa shape index (κ2) is 8.96. The number of nitrogens with one attached hydrogen (secondary N) is 1. The van der Waals surface area contributed by atoms with Crippen LogP contribution in [0.25, 0.3) is 28.0 Å². The molecule has 3 heterocycles. The Morgan fingerprint density at radius 1 is 0.824 bits per heavy atom. The fourth-order valence-electron chi connectivity index (χ4n) is 4.35. The van der Waals surface area contributed by atoms with E-state index in [0.29, 0.717) is 11.6 Å². The summed E-state index contributed by atoms with van der Waals surface area (Å²) >= 11 is 0. The van der Waals surface area contributed by atoms with Crippen LogP contribution in [0.4, 0.5) is 17.3 Å². The van der Waals surface area contributed by atoms with Gasteiger partial charge in [-0.05, 0) is 29.3 Å². The number of benzene rings is 3. The zero-order valence-electron chi connectivity index (χ0n) is 18.6. The molecule has 0 radical (unpaired) electrons. The van der Waals surface area contributed by atoms with Gasteiger partial charge in [-0.1, -0.05) is 60.7 Å². The number of aromatic nitrogens is 4. The van der Waals surface area contributed by atoms with Crippen LogP contribution in [-0.2, 0) is 4.74 Å². The van der Waals surface area contributed by atoms with Crippen molar-refractivity contribution in [2.75, 3.05) is 36.5 Å². The van der Waals surface area contributed by atoms with Crippen molar-refractivity contribution >= 4 is 23.0 Å². The van der Waals surface area contributed by atoms with Crippen LogP contribution in [0.2, 0.25) is 0 Å². The van der Waals surface area contributed by atoms with Crippen LogP contribution < -0.4 is 10.2 Å². The molecule has 5 aromatic rings. The average molecular weight is 449 g/mol. The van der Waals surface area contributed by atoms with E-state index in [1.165, 1.54) is 0 Å².